The number of aryl methyl sites for hydroxylation is 1. The number of benzene rings is 2. The van der Waals surface area contributed by atoms with E-state index in [9.17, 15) is 18.0 Å². The SMILES string of the molecule is Cc1cn(-c2ccc3c(c2)OC(F)(F)O3)c(=NC(=O)N(Cc2ccccc2F)C2CC2)s1. The average molecular weight is 461 g/mol. The molecule has 1 fully saturated rings. The van der Waals surface area contributed by atoms with Gasteiger partial charge < -0.3 is 14.4 Å². The molecule has 1 aliphatic carbocycles. The van der Waals surface area contributed by atoms with E-state index in [1.807, 2.05) is 6.92 Å². The first-order valence-electron chi connectivity index (χ1n) is 9.97. The molecule has 2 aliphatic rings. The number of hydrogen-bond acceptors (Lipinski definition) is 4. The number of ether oxygens (including phenoxy) is 2. The van der Waals surface area contributed by atoms with Crippen molar-refractivity contribution in [2.75, 3.05) is 0 Å². The van der Waals surface area contributed by atoms with Crippen molar-refractivity contribution in [2.24, 2.45) is 4.99 Å². The van der Waals surface area contributed by atoms with Crippen LogP contribution in [0.5, 0.6) is 11.5 Å². The van der Waals surface area contributed by atoms with Gasteiger partial charge >= 0.3 is 12.3 Å². The highest BCUT2D eigenvalue weighted by atomic mass is 32.1. The molecule has 5 rings (SSSR count). The fraction of sp³-hybridized carbons (Fsp3) is 0.273. The molecule has 0 atom stereocenters. The van der Waals surface area contributed by atoms with Crippen LogP contribution in [-0.4, -0.2) is 27.8 Å². The minimum atomic E-state index is -3.71. The van der Waals surface area contributed by atoms with Gasteiger partial charge in [-0.15, -0.1) is 20.1 Å². The Morgan fingerprint density at radius 1 is 1.22 bits per heavy atom. The molecule has 2 aromatic carbocycles. The second-order valence-electron chi connectivity index (χ2n) is 7.64. The Kier molecular flexibility index (Phi) is 4.96. The first kappa shape index (κ1) is 20.6. The standard InChI is InChI=1S/C22H18F3N3O3S/c1-13-11-28(16-8-9-18-19(10-16)31-22(24,25)30-18)21(32-13)26-20(29)27(15-6-7-15)12-14-4-2-3-5-17(14)23/h2-5,8-11,15H,6-7,12H2,1H3. The van der Waals surface area contributed by atoms with E-state index < -0.39 is 12.3 Å². The van der Waals surface area contributed by atoms with E-state index in [0.29, 0.717) is 16.1 Å². The number of thiazole rings is 1. The van der Waals surface area contributed by atoms with Crippen LogP contribution in [0, 0.1) is 12.7 Å². The van der Waals surface area contributed by atoms with Gasteiger partial charge in [-0.25, -0.2) is 9.18 Å². The van der Waals surface area contributed by atoms with Gasteiger partial charge in [0.05, 0.1) is 12.2 Å². The van der Waals surface area contributed by atoms with Gasteiger partial charge in [0, 0.05) is 28.7 Å². The first-order chi connectivity index (χ1) is 15.3. The lowest BCUT2D eigenvalue weighted by Gasteiger charge is -2.20. The summed E-state index contributed by atoms with van der Waals surface area (Å²) in [7, 11) is 0. The zero-order chi connectivity index (χ0) is 22.5. The molecular weight excluding hydrogens is 443 g/mol. The molecule has 0 radical (unpaired) electrons. The minimum absolute atomic E-state index is 0.0214. The second-order valence-corrected chi connectivity index (χ2v) is 8.85. The predicted octanol–water partition coefficient (Wildman–Crippen LogP) is 4.99. The number of urea groups is 1. The molecule has 1 aliphatic heterocycles. The van der Waals surface area contributed by atoms with E-state index in [0.717, 1.165) is 17.7 Å². The highest BCUT2D eigenvalue weighted by Crippen LogP contribution is 2.41. The number of rotatable bonds is 4. The predicted molar refractivity (Wildman–Crippen MR) is 111 cm³/mol. The lowest BCUT2D eigenvalue weighted by molar-refractivity contribution is -0.286. The molecule has 2 heterocycles. The molecule has 6 nitrogen and oxygen atoms in total. The van der Waals surface area contributed by atoms with Crippen molar-refractivity contribution < 1.29 is 27.4 Å². The van der Waals surface area contributed by atoms with Gasteiger partial charge in [0.15, 0.2) is 16.3 Å². The van der Waals surface area contributed by atoms with Crippen LogP contribution in [0.3, 0.4) is 0 Å². The smallest absolute Gasteiger partial charge is 0.395 e. The van der Waals surface area contributed by atoms with Crippen LogP contribution in [0.4, 0.5) is 18.0 Å². The number of carbonyl (C=O) groups excluding carboxylic acids is 1. The third-order valence-corrected chi connectivity index (χ3v) is 6.05. The fourth-order valence-electron chi connectivity index (χ4n) is 3.50. The summed E-state index contributed by atoms with van der Waals surface area (Å²) in [6.45, 7) is 1.98. The van der Waals surface area contributed by atoms with Crippen LogP contribution < -0.4 is 14.3 Å². The zero-order valence-electron chi connectivity index (χ0n) is 16.9. The maximum Gasteiger partial charge on any atom is 0.586 e. The molecule has 10 heteroatoms. The first-order valence-corrected chi connectivity index (χ1v) is 10.8. The van der Waals surface area contributed by atoms with Gasteiger partial charge in [0.25, 0.3) is 0 Å². The van der Waals surface area contributed by atoms with Crippen molar-refractivity contribution in [1.82, 2.24) is 9.47 Å². The monoisotopic (exact) mass is 461 g/mol. The van der Waals surface area contributed by atoms with Gasteiger partial charge in [-0.1, -0.05) is 18.2 Å². The maximum absolute atomic E-state index is 14.1. The number of amides is 2. The molecule has 0 spiro atoms. The number of halogens is 3. The Hall–Kier alpha value is -3.27. The van der Waals surface area contributed by atoms with Gasteiger partial charge in [0.1, 0.15) is 5.82 Å². The molecule has 166 valence electrons. The number of alkyl halides is 2. The van der Waals surface area contributed by atoms with E-state index in [4.69, 9.17) is 0 Å². The summed E-state index contributed by atoms with van der Waals surface area (Å²) in [5, 5.41) is 0. The largest absolute Gasteiger partial charge is 0.586 e. The number of carbonyl (C=O) groups is 1. The maximum atomic E-state index is 14.1. The Morgan fingerprint density at radius 3 is 2.72 bits per heavy atom. The fourth-order valence-corrected chi connectivity index (χ4v) is 4.33. The summed E-state index contributed by atoms with van der Waals surface area (Å²) in [5.74, 6) is -0.531. The number of fused-ring (bicyclic) bond motifs is 1. The highest BCUT2D eigenvalue weighted by molar-refractivity contribution is 7.09. The van der Waals surface area contributed by atoms with E-state index in [1.54, 1.807) is 39.9 Å². The summed E-state index contributed by atoms with van der Waals surface area (Å²) in [6, 6.07) is 10.3. The van der Waals surface area contributed by atoms with Crippen LogP contribution in [0.15, 0.2) is 53.7 Å². The molecule has 32 heavy (non-hydrogen) atoms. The normalized spacial score (nSPS) is 16.9. The highest BCUT2D eigenvalue weighted by Gasteiger charge is 2.43. The Morgan fingerprint density at radius 2 is 1.97 bits per heavy atom. The van der Waals surface area contributed by atoms with E-state index in [-0.39, 0.29) is 29.9 Å². The molecule has 0 saturated heterocycles. The van der Waals surface area contributed by atoms with Crippen LogP contribution in [0.25, 0.3) is 5.69 Å². The summed E-state index contributed by atoms with van der Waals surface area (Å²) in [6.07, 6.45) is -0.271. The Labute approximate surface area is 185 Å². The van der Waals surface area contributed by atoms with Gasteiger partial charge in [-0.2, -0.15) is 4.99 Å². The van der Waals surface area contributed by atoms with Gasteiger partial charge in [-0.3, -0.25) is 4.57 Å². The van der Waals surface area contributed by atoms with Crippen molar-refractivity contribution in [3.63, 3.8) is 0 Å². The van der Waals surface area contributed by atoms with Crippen molar-refractivity contribution in [3.8, 4) is 17.2 Å². The lowest BCUT2D eigenvalue weighted by atomic mass is 10.2. The van der Waals surface area contributed by atoms with Crippen molar-refractivity contribution in [1.29, 1.82) is 0 Å². The van der Waals surface area contributed by atoms with Gasteiger partial charge in [0.2, 0.25) is 0 Å². The molecule has 2 amide bonds. The third kappa shape index (κ3) is 4.10. The third-order valence-electron chi connectivity index (χ3n) is 5.16. The van der Waals surface area contributed by atoms with Crippen LogP contribution in [0.2, 0.25) is 0 Å². The summed E-state index contributed by atoms with van der Waals surface area (Å²) in [5.41, 5.74) is 0.919. The average Bonchev–Trinajstić information content (AvgIpc) is 3.43. The number of aromatic nitrogens is 1. The number of nitrogens with zero attached hydrogens (tertiary/aromatic N) is 3. The summed E-state index contributed by atoms with van der Waals surface area (Å²) < 4.78 is 51.5. The zero-order valence-corrected chi connectivity index (χ0v) is 17.7. The molecule has 3 aromatic rings. The Bertz CT molecular complexity index is 1270. The minimum Gasteiger partial charge on any atom is -0.395 e. The van der Waals surface area contributed by atoms with Crippen molar-refractivity contribution >= 4 is 17.4 Å². The summed E-state index contributed by atoms with van der Waals surface area (Å²) >= 11 is 1.28. The quantitative estimate of drug-likeness (QED) is 0.550. The number of hydrogen-bond donors (Lipinski definition) is 0. The topological polar surface area (TPSA) is 56.1 Å². The van der Waals surface area contributed by atoms with Crippen LogP contribution in [0.1, 0.15) is 23.3 Å². The molecule has 1 aromatic heterocycles. The van der Waals surface area contributed by atoms with Gasteiger partial charge in [-0.05, 0) is 38.0 Å². The Balaban J connectivity index is 1.47. The van der Waals surface area contributed by atoms with E-state index in [2.05, 4.69) is 14.5 Å². The van der Waals surface area contributed by atoms with E-state index >= 15 is 0 Å². The van der Waals surface area contributed by atoms with Crippen LogP contribution >= 0.6 is 11.3 Å². The van der Waals surface area contributed by atoms with Crippen LogP contribution in [-0.2, 0) is 6.54 Å². The molecule has 0 unspecified atom stereocenters. The molecule has 0 bridgehead atoms. The van der Waals surface area contributed by atoms with Crippen molar-refractivity contribution in [2.45, 2.75) is 38.6 Å². The molecular formula is C22H18F3N3O3S. The molecule has 1 saturated carbocycles. The second kappa shape index (κ2) is 7.70. The molecule has 0 N–H and O–H groups in total. The van der Waals surface area contributed by atoms with Crippen molar-refractivity contribution in [3.05, 3.63) is 69.7 Å². The lowest BCUT2D eigenvalue weighted by Crippen LogP contribution is -2.32. The summed E-state index contributed by atoms with van der Waals surface area (Å²) in [4.78, 5) is 20.2. The van der Waals surface area contributed by atoms with E-state index in [1.165, 1.54) is 29.5 Å².